The quantitative estimate of drug-likeness (QED) is 0.558. The number of hydrogen-bond acceptors (Lipinski definition) is 2. The van der Waals surface area contributed by atoms with Crippen molar-refractivity contribution in [2.24, 2.45) is 5.92 Å². The van der Waals surface area contributed by atoms with Crippen molar-refractivity contribution in [1.29, 1.82) is 0 Å². The minimum absolute atomic E-state index is 0.694. The molecule has 0 rings (SSSR count). The van der Waals surface area contributed by atoms with E-state index in [4.69, 9.17) is 0 Å². The third-order valence-corrected chi connectivity index (χ3v) is 3.13. The van der Waals surface area contributed by atoms with E-state index in [1.807, 2.05) is 0 Å². The fourth-order valence-corrected chi connectivity index (χ4v) is 2.12. The van der Waals surface area contributed by atoms with E-state index in [9.17, 15) is 0 Å². The predicted octanol–water partition coefficient (Wildman–Crippen LogP) is 3.52. The van der Waals surface area contributed by atoms with Gasteiger partial charge in [-0.15, -0.1) is 0 Å². The molecule has 0 amide bonds. The highest BCUT2D eigenvalue weighted by atomic mass is 15.1. The zero-order valence-corrected chi connectivity index (χ0v) is 12.8. The van der Waals surface area contributed by atoms with Crippen molar-refractivity contribution in [2.75, 3.05) is 26.2 Å². The molecule has 0 heterocycles. The molecule has 0 radical (unpaired) electrons. The maximum atomic E-state index is 3.38. The van der Waals surface area contributed by atoms with Crippen LogP contribution in [-0.4, -0.2) is 37.1 Å². The molecule has 0 atom stereocenters. The first kappa shape index (κ1) is 16.9. The molecule has 1 N–H and O–H groups in total. The zero-order chi connectivity index (χ0) is 13.1. The van der Waals surface area contributed by atoms with Gasteiger partial charge in [0.25, 0.3) is 0 Å². The summed E-state index contributed by atoms with van der Waals surface area (Å²) in [5.74, 6) is 0.783. The van der Waals surface area contributed by atoms with Crippen LogP contribution in [0, 0.1) is 5.92 Å². The average Bonchev–Trinajstić information content (AvgIpc) is 2.25. The summed E-state index contributed by atoms with van der Waals surface area (Å²) in [6.07, 6.45) is 5.45. The number of nitrogens with one attached hydrogen (secondary N) is 1. The molecule has 0 aliphatic carbocycles. The van der Waals surface area contributed by atoms with E-state index in [1.165, 1.54) is 45.3 Å². The first-order valence-corrected chi connectivity index (χ1v) is 7.52. The molecule has 0 spiro atoms. The van der Waals surface area contributed by atoms with E-state index in [-0.39, 0.29) is 0 Å². The van der Waals surface area contributed by atoms with Crippen LogP contribution < -0.4 is 5.32 Å². The Morgan fingerprint density at radius 3 is 2.12 bits per heavy atom. The highest BCUT2D eigenvalue weighted by molar-refractivity contribution is 4.64. The largest absolute Gasteiger partial charge is 0.317 e. The standard InChI is InChI=1S/C15H34N2/c1-6-16-11-9-7-8-10-12-17(15(4)5)13-14(2)3/h14-16H,6-13H2,1-5H3. The smallest absolute Gasteiger partial charge is 0.00387 e. The van der Waals surface area contributed by atoms with Crippen LogP contribution in [0.3, 0.4) is 0 Å². The maximum absolute atomic E-state index is 3.38. The summed E-state index contributed by atoms with van der Waals surface area (Å²) in [5, 5.41) is 3.38. The molecular formula is C15H34N2. The minimum atomic E-state index is 0.694. The molecule has 2 nitrogen and oxygen atoms in total. The Hall–Kier alpha value is -0.0800. The molecule has 0 aromatic carbocycles. The Morgan fingerprint density at radius 1 is 0.941 bits per heavy atom. The van der Waals surface area contributed by atoms with E-state index in [1.54, 1.807) is 0 Å². The Balaban J connectivity index is 3.48. The highest BCUT2D eigenvalue weighted by Gasteiger charge is 2.10. The van der Waals surface area contributed by atoms with Crippen molar-refractivity contribution < 1.29 is 0 Å². The Kier molecular flexibility index (Phi) is 11.0. The van der Waals surface area contributed by atoms with E-state index in [0.717, 1.165) is 12.5 Å². The van der Waals surface area contributed by atoms with Gasteiger partial charge < -0.3 is 10.2 Å². The van der Waals surface area contributed by atoms with E-state index >= 15 is 0 Å². The van der Waals surface area contributed by atoms with E-state index in [2.05, 4.69) is 44.8 Å². The monoisotopic (exact) mass is 242 g/mol. The summed E-state index contributed by atoms with van der Waals surface area (Å²) in [6, 6.07) is 0.694. The molecule has 0 fully saturated rings. The van der Waals surface area contributed by atoms with Crippen molar-refractivity contribution in [3.05, 3.63) is 0 Å². The van der Waals surface area contributed by atoms with Gasteiger partial charge in [0.05, 0.1) is 0 Å². The lowest BCUT2D eigenvalue weighted by Crippen LogP contribution is -2.34. The van der Waals surface area contributed by atoms with Gasteiger partial charge in [-0.2, -0.15) is 0 Å². The van der Waals surface area contributed by atoms with Crippen LogP contribution in [0.25, 0.3) is 0 Å². The van der Waals surface area contributed by atoms with Crippen LogP contribution in [0.4, 0.5) is 0 Å². The topological polar surface area (TPSA) is 15.3 Å². The second kappa shape index (κ2) is 11.0. The Labute approximate surface area is 109 Å². The van der Waals surface area contributed by atoms with Gasteiger partial charge in [0.2, 0.25) is 0 Å². The van der Waals surface area contributed by atoms with Gasteiger partial charge in [0.15, 0.2) is 0 Å². The summed E-state index contributed by atoms with van der Waals surface area (Å²) in [7, 11) is 0. The van der Waals surface area contributed by atoms with Gasteiger partial charge in [-0.1, -0.05) is 33.6 Å². The second-order valence-corrected chi connectivity index (χ2v) is 5.75. The lowest BCUT2D eigenvalue weighted by atomic mass is 10.1. The maximum Gasteiger partial charge on any atom is 0.00387 e. The average molecular weight is 242 g/mol. The normalized spacial score (nSPS) is 12.0. The van der Waals surface area contributed by atoms with E-state index < -0.39 is 0 Å². The third kappa shape index (κ3) is 10.8. The van der Waals surface area contributed by atoms with Gasteiger partial charge >= 0.3 is 0 Å². The summed E-state index contributed by atoms with van der Waals surface area (Å²) in [5.41, 5.74) is 0. The number of unbranched alkanes of at least 4 members (excludes halogenated alkanes) is 3. The number of nitrogens with zero attached hydrogens (tertiary/aromatic N) is 1. The van der Waals surface area contributed by atoms with Crippen molar-refractivity contribution in [3.8, 4) is 0 Å². The van der Waals surface area contributed by atoms with Gasteiger partial charge in [-0.05, 0) is 52.2 Å². The first-order chi connectivity index (χ1) is 8.07. The number of rotatable bonds is 11. The lowest BCUT2D eigenvalue weighted by molar-refractivity contribution is 0.193. The molecule has 0 saturated heterocycles. The second-order valence-electron chi connectivity index (χ2n) is 5.75. The molecular weight excluding hydrogens is 208 g/mol. The molecule has 17 heavy (non-hydrogen) atoms. The van der Waals surface area contributed by atoms with Crippen LogP contribution in [0.2, 0.25) is 0 Å². The van der Waals surface area contributed by atoms with Crippen molar-refractivity contribution in [2.45, 2.75) is 66.3 Å². The fraction of sp³-hybridized carbons (Fsp3) is 1.00. The molecule has 104 valence electrons. The van der Waals surface area contributed by atoms with Gasteiger partial charge in [0, 0.05) is 12.6 Å². The van der Waals surface area contributed by atoms with Gasteiger partial charge in [0.1, 0.15) is 0 Å². The molecule has 0 aliphatic heterocycles. The highest BCUT2D eigenvalue weighted by Crippen LogP contribution is 2.07. The molecule has 0 aliphatic rings. The lowest BCUT2D eigenvalue weighted by Gasteiger charge is -2.28. The molecule has 0 aromatic rings. The van der Waals surface area contributed by atoms with Crippen LogP contribution in [0.1, 0.15) is 60.3 Å². The van der Waals surface area contributed by atoms with Crippen LogP contribution >= 0.6 is 0 Å². The Bertz CT molecular complexity index is 155. The molecule has 0 unspecified atom stereocenters. The van der Waals surface area contributed by atoms with Crippen LogP contribution in [0.5, 0.6) is 0 Å². The van der Waals surface area contributed by atoms with Crippen molar-refractivity contribution in [3.63, 3.8) is 0 Å². The Morgan fingerprint density at radius 2 is 1.59 bits per heavy atom. The van der Waals surface area contributed by atoms with Crippen LogP contribution in [-0.2, 0) is 0 Å². The summed E-state index contributed by atoms with van der Waals surface area (Å²) < 4.78 is 0. The number of hydrogen-bond donors (Lipinski definition) is 1. The van der Waals surface area contributed by atoms with Crippen molar-refractivity contribution in [1.82, 2.24) is 10.2 Å². The zero-order valence-electron chi connectivity index (χ0n) is 12.8. The van der Waals surface area contributed by atoms with Gasteiger partial charge in [-0.25, -0.2) is 0 Å². The molecule has 0 saturated carbocycles. The predicted molar refractivity (Wildman–Crippen MR) is 78.6 cm³/mol. The summed E-state index contributed by atoms with van der Waals surface area (Å²) in [6.45, 7) is 16.2. The van der Waals surface area contributed by atoms with E-state index in [0.29, 0.717) is 6.04 Å². The molecule has 2 heteroatoms. The first-order valence-electron chi connectivity index (χ1n) is 7.52. The van der Waals surface area contributed by atoms with Gasteiger partial charge in [-0.3, -0.25) is 0 Å². The summed E-state index contributed by atoms with van der Waals surface area (Å²) >= 11 is 0. The molecule has 0 aromatic heterocycles. The fourth-order valence-electron chi connectivity index (χ4n) is 2.12. The van der Waals surface area contributed by atoms with Crippen LogP contribution in [0.15, 0.2) is 0 Å². The third-order valence-electron chi connectivity index (χ3n) is 3.13. The SMILES string of the molecule is CCNCCCCCCN(CC(C)C)C(C)C. The molecule has 0 bridgehead atoms. The summed E-state index contributed by atoms with van der Waals surface area (Å²) in [4.78, 5) is 2.62. The minimum Gasteiger partial charge on any atom is -0.317 e. The van der Waals surface area contributed by atoms with Crippen molar-refractivity contribution >= 4 is 0 Å².